The maximum atomic E-state index is 12.7. The molecule has 0 fully saturated rings. The number of sulfonamides is 2. The van der Waals surface area contributed by atoms with Crippen molar-refractivity contribution in [1.82, 2.24) is 0 Å². The topological polar surface area (TPSA) is 121 Å². The summed E-state index contributed by atoms with van der Waals surface area (Å²) in [5.41, 5.74) is 2.30. The summed E-state index contributed by atoms with van der Waals surface area (Å²) in [7, 11) is -7.53. The van der Waals surface area contributed by atoms with Crippen molar-refractivity contribution in [3.05, 3.63) is 114 Å². The summed E-state index contributed by atoms with van der Waals surface area (Å²) in [6.45, 7) is 1.81. The van der Waals surface area contributed by atoms with Crippen molar-refractivity contribution in [2.45, 2.75) is 16.7 Å². The van der Waals surface area contributed by atoms with E-state index in [4.69, 9.17) is 0 Å². The molecule has 0 unspecified atom stereocenters. The van der Waals surface area contributed by atoms with Gasteiger partial charge in [0.25, 0.3) is 26.0 Å². The van der Waals surface area contributed by atoms with E-state index in [0.29, 0.717) is 22.6 Å². The van der Waals surface area contributed by atoms with E-state index >= 15 is 0 Å². The number of nitrogens with one attached hydrogen (secondary N) is 3. The highest BCUT2D eigenvalue weighted by Gasteiger charge is 2.16. The molecule has 0 spiro atoms. The molecule has 0 aliphatic carbocycles. The van der Waals surface area contributed by atoms with Crippen LogP contribution in [0.1, 0.15) is 15.9 Å². The Morgan fingerprint density at radius 1 is 0.583 bits per heavy atom. The molecule has 0 aromatic heterocycles. The zero-order valence-corrected chi connectivity index (χ0v) is 20.8. The lowest BCUT2D eigenvalue weighted by atomic mass is 10.2. The van der Waals surface area contributed by atoms with E-state index in [1.807, 2.05) is 6.07 Å². The molecule has 10 heteroatoms. The maximum Gasteiger partial charge on any atom is 0.261 e. The first-order chi connectivity index (χ1) is 17.1. The second kappa shape index (κ2) is 10.2. The van der Waals surface area contributed by atoms with E-state index in [2.05, 4.69) is 14.8 Å². The highest BCUT2D eigenvalue weighted by atomic mass is 32.2. The van der Waals surface area contributed by atoms with Crippen molar-refractivity contribution < 1.29 is 21.6 Å². The van der Waals surface area contributed by atoms with Gasteiger partial charge < -0.3 is 5.32 Å². The molecule has 0 aliphatic rings. The van der Waals surface area contributed by atoms with E-state index in [0.717, 1.165) is 5.56 Å². The Morgan fingerprint density at radius 3 is 1.75 bits per heavy atom. The molecule has 3 N–H and O–H groups in total. The first-order valence-corrected chi connectivity index (χ1v) is 13.8. The fraction of sp³-hybridized carbons (Fsp3) is 0.0385. The van der Waals surface area contributed by atoms with Crippen LogP contribution < -0.4 is 14.8 Å². The molecule has 0 radical (unpaired) electrons. The Labute approximate surface area is 210 Å². The molecule has 0 aliphatic heterocycles. The predicted molar refractivity (Wildman–Crippen MR) is 140 cm³/mol. The molecule has 0 heterocycles. The standard InChI is InChI=1S/C26H23N3O5S2/c1-19-7-5-6-10-25(19)29-36(33,34)24-17-15-21(16-18-24)27-26(30)20-11-13-22(14-12-20)28-35(31,32)23-8-3-2-4-9-23/h2-18,28-29H,1H3,(H,27,30). The second-order valence-corrected chi connectivity index (χ2v) is 11.3. The van der Waals surface area contributed by atoms with Crippen molar-refractivity contribution in [2.24, 2.45) is 0 Å². The second-order valence-electron chi connectivity index (χ2n) is 7.89. The number of para-hydroxylation sites is 1. The van der Waals surface area contributed by atoms with Gasteiger partial charge in [-0.1, -0.05) is 36.4 Å². The van der Waals surface area contributed by atoms with Gasteiger partial charge in [0.2, 0.25) is 0 Å². The lowest BCUT2D eigenvalue weighted by Gasteiger charge is -2.11. The molecule has 4 aromatic rings. The minimum absolute atomic E-state index is 0.0544. The summed E-state index contributed by atoms with van der Waals surface area (Å²) in [6, 6.07) is 26.7. The van der Waals surface area contributed by atoms with Crippen LogP contribution in [0.2, 0.25) is 0 Å². The molecule has 8 nitrogen and oxygen atoms in total. The number of anilines is 3. The van der Waals surface area contributed by atoms with Gasteiger partial charge in [-0.15, -0.1) is 0 Å². The Kier molecular flexibility index (Phi) is 7.09. The van der Waals surface area contributed by atoms with Gasteiger partial charge in [-0.05, 0) is 79.2 Å². The molecule has 1 amide bonds. The smallest absolute Gasteiger partial charge is 0.261 e. The lowest BCUT2D eigenvalue weighted by Crippen LogP contribution is -2.15. The number of aryl methyl sites for hydroxylation is 1. The fourth-order valence-electron chi connectivity index (χ4n) is 3.32. The fourth-order valence-corrected chi connectivity index (χ4v) is 5.53. The zero-order chi connectivity index (χ0) is 25.8. The van der Waals surface area contributed by atoms with Gasteiger partial charge in [0.1, 0.15) is 0 Å². The normalized spacial score (nSPS) is 11.5. The highest BCUT2D eigenvalue weighted by Crippen LogP contribution is 2.21. The van der Waals surface area contributed by atoms with E-state index in [1.54, 1.807) is 43.3 Å². The van der Waals surface area contributed by atoms with Crippen LogP contribution in [0.15, 0.2) is 113 Å². The number of carbonyl (C=O) groups is 1. The summed E-state index contributed by atoms with van der Waals surface area (Å²) >= 11 is 0. The molecule has 0 saturated heterocycles. The van der Waals surface area contributed by atoms with E-state index in [1.165, 1.54) is 60.7 Å². The molecule has 0 bridgehead atoms. The van der Waals surface area contributed by atoms with Crippen LogP contribution >= 0.6 is 0 Å². The molecule has 184 valence electrons. The monoisotopic (exact) mass is 521 g/mol. The van der Waals surface area contributed by atoms with Crippen molar-refractivity contribution in [2.75, 3.05) is 14.8 Å². The molecule has 36 heavy (non-hydrogen) atoms. The molecular weight excluding hydrogens is 498 g/mol. The van der Waals surface area contributed by atoms with E-state index in [-0.39, 0.29) is 9.79 Å². The SMILES string of the molecule is Cc1ccccc1NS(=O)(=O)c1ccc(NC(=O)c2ccc(NS(=O)(=O)c3ccccc3)cc2)cc1. The average molecular weight is 522 g/mol. The minimum Gasteiger partial charge on any atom is -0.322 e. The molecule has 0 atom stereocenters. The van der Waals surface area contributed by atoms with Crippen molar-refractivity contribution >= 4 is 43.0 Å². The van der Waals surface area contributed by atoms with Crippen molar-refractivity contribution in [3.63, 3.8) is 0 Å². The van der Waals surface area contributed by atoms with Gasteiger partial charge in [0.15, 0.2) is 0 Å². The quantitative estimate of drug-likeness (QED) is 0.306. The van der Waals surface area contributed by atoms with Crippen molar-refractivity contribution in [1.29, 1.82) is 0 Å². The first-order valence-electron chi connectivity index (χ1n) is 10.8. The third-order valence-electron chi connectivity index (χ3n) is 5.26. The van der Waals surface area contributed by atoms with Crippen LogP contribution in [0.5, 0.6) is 0 Å². The van der Waals surface area contributed by atoms with Crippen LogP contribution in [0, 0.1) is 6.92 Å². The van der Waals surface area contributed by atoms with E-state index < -0.39 is 26.0 Å². The van der Waals surface area contributed by atoms with Crippen molar-refractivity contribution in [3.8, 4) is 0 Å². The molecule has 4 rings (SSSR count). The van der Waals surface area contributed by atoms with Gasteiger partial charge in [0.05, 0.1) is 15.5 Å². The Bertz CT molecular complexity index is 1590. The average Bonchev–Trinajstić information content (AvgIpc) is 2.86. The number of amides is 1. The molecule has 0 saturated carbocycles. The summed E-state index contributed by atoms with van der Waals surface area (Å²) in [5, 5.41) is 2.70. The first kappa shape index (κ1) is 25.0. The van der Waals surface area contributed by atoms with Crippen LogP contribution in [0.3, 0.4) is 0 Å². The number of hydrogen-bond donors (Lipinski definition) is 3. The van der Waals surface area contributed by atoms with Crippen LogP contribution in [0.25, 0.3) is 0 Å². The lowest BCUT2D eigenvalue weighted by molar-refractivity contribution is 0.102. The van der Waals surface area contributed by atoms with Gasteiger partial charge >= 0.3 is 0 Å². The summed E-state index contributed by atoms with van der Waals surface area (Å²) in [6.07, 6.45) is 0. The van der Waals surface area contributed by atoms with Gasteiger partial charge in [0, 0.05) is 16.9 Å². The van der Waals surface area contributed by atoms with Gasteiger partial charge in [-0.3, -0.25) is 14.2 Å². The zero-order valence-electron chi connectivity index (χ0n) is 19.2. The Hall–Kier alpha value is -4.15. The Balaban J connectivity index is 1.40. The highest BCUT2D eigenvalue weighted by molar-refractivity contribution is 7.93. The minimum atomic E-state index is -3.79. The summed E-state index contributed by atoms with van der Waals surface area (Å²) in [5.74, 6) is -0.430. The third kappa shape index (κ3) is 5.91. The maximum absolute atomic E-state index is 12.7. The van der Waals surface area contributed by atoms with Gasteiger partial charge in [-0.25, -0.2) is 16.8 Å². The van der Waals surface area contributed by atoms with Crippen LogP contribution in [-0.4, -0.2) is 22.7 Å². The van der Waals surface area contributed by atoms with Crippen LogP contribution in [0.4, 0.5) is 17.1 Å². The Morgan fingerprint density at radius 2 is 1.11 bits per heavy atom. The van der Waals surface area contributed by atoms with E-state index in [9.17, 15) is 21.6 Å². The summed E-state index contributed by atoms with van der Waals surface area (Å²) < 4.78 is 55.3. The third-order valence-corrected chi connectivity index (χ3v) is 8.04. The summed E-state index contributed by atoms with van der Waals surface area (Å²) in [4.78, 5) is 12.8. The van der Waals surface area contributed by atoms with Gasteiger partial charge in [-0.2, -0.15) is 0 Å². The number of hydrogen-bond acceptors (Lipinski definition) is 5. The van der Waals surface area contributed by atoms with Crippen LogP contribution in [-0.2, 0) is 20.0 Å². The number of rotatable bonds is 8. The molecular formula is C26H23N3O5S2. The predicted octanol–water partition coefficient (Wildman–Crippen LogP) is 4.85. The number of carbonyl (C=O) groups excluding carboxylic acids is 1. The largest absolute Gasteiger partial charge is 0.322 e. The molecule has 4 aromatic carbocycles. The number of benzene rings is 4.